The van der Waals surface area contributed by atoms with Gasteiger partial charge in [0.05, 0.1) is 16.7 Å². The number of halogens is 1. The van der Waals surface area contributed by atoms with Crippen LogP contribution in [0.2, 0.25) is 0 Å². The zero-order valence-corrected chi connectivity index (χ0v) is 11.8. The summed E-state index contributed by atoms with van der Waals surface area (Å²) in [5.74, 6) is -0.541. The molecule has 3 N–H and O–H groups in total. The van der Waals surface area contributed by atoms with E-state index in [9.17, 15) is 19.3 Å². The summed E-state index contributed by atoms with van der Waals surface area (Å²) >= 11 is 1.71. The van der Waals surface area contributed by atoms with Gasteiger partial charge in [0.15, 0.2) is 5.82 Å². The number of rotatable bonds is 7. The number of nitrogens with two attached hydrogens (primary N) is 1. The third kappa shape index (κ3) is 4.37. The van der Waals surface area contributed by atoms with Crippen LogP contribution in [-0.2, 0) is 0 Å². The van der Waals surface area contributed by atoms with Gasteiger partial charge < -0.3 is 11.1 Å². The summed E-state index contributed by atoms with van der Waals surface area (Å²) in [6, 6.07) is 1.66. The van der Waals surface area contributed by atoms with Gasteiger partial charge >= 0.3 is 0 Å². The van der Waals surface area contributed by atoms with E-state index in [4.69, 9.17) is 5.73 Å². The van der Waals surface area contributed by atoms with Crippen LogP contribution in [0.1, 0.15) is 23.2 Å². The standard InChI is InChI=1S/C12H16FN3O3S/c1-20-5-3-2-4-15-12(17)8-6-10(14)9(13)7-11(8)16(18)19/h6-7H,2-5,14H2,1H3,(H,15,17). The highest BCUT2D eigenvalue weighted by atomic mass is 32.2. The number of thioether (sulfide) groups is 1. The fraction of sp³-hybridized carbons (Fsp3) is 0.417. The van der Waals surface area contributed by atoms with Gasteiger partial charge in [0.2, 0.25) is 0 Å². The summed E-state index contributed by atoms with van der Waals surface area (Å²) in [4.78, 5) is 21.9. The zero-order valence-electron chi connectivity index (χ0n) is 11.0. The minimum Gasteiger partial charge on any atom is -0.396 e. The van der Waals surface area contributed by atoms with Crippen molar-refractivity contribution in [2.75, 3.05) is 24.3 Å². The van der Waals surface area contributed by atoms with Crippen molar-refractivity contribution in [2.24, 2.45) is 0 Å². The summed E-state index contributed by atoms with van der Waals surface area (Å²) in [6.07, 6.45) is 3.70. The molecule has 0 aromatic heterocycles. The molecule has 0 aliphatic carbocycles. The minimum atomic E-state index is -0.909. The van der Waals surface area contributed by atoms with Crippen molar-refractivity contribution in [1.29, 1.82) is 0 Å². The van der Waals surface area contributed by atoms with Crippen LogP contribution >= 0.6 is 11.8 Å². The van der Waals surface area contributed by atoms with Crippen molar-refractivity contribution in [3.8, 4) is 0 Å². The van der Waals surface area contributed by atoms with E-state index < -0.39 is 22.3 Å². The summed E-state index contributed by atoms with van der Waals surface area (Å²) in [5, 5.41) is 13.4. The van der Waals surface area contributed by atoms with Crippen LogP contribution < -0.4 is 11.1 Å². The lowest BCUT2D eigenvalue weighted by atomic mass is 10.1. The molecule has 1 rings (SSSR count). The summed E-state index contributed by atoms with van der Waals surface area (Å²) in [6.45, 7) is 0.411. The van der Waals surface area contributed by atoms with Crippen LogP contribution in [0, 0.1) is 15.9 Å². The van der Waals surface area contributed by atoms with Crippen LogP contribution in [0.3, 0.4) is 0 Å². The van der Waals surface area contributed by atoms with Gasteiger partial charge in [0, 0.05) is 6.54 Å². The third-order valence-electron chi connectivity index (χ3n) is 2.62. The summed E-state index contributed by atoms with van der Waals surface area (Å²) < 4.78 is 13.2. The molecule has 0 saturated carbocycles. The van der Waals surface area contributed by atoms with Crippen molar-refractivity contribution in [3.05, 3.63) is 33.6 Å². The maximum absolute atomic E-state index is 13.2. The van der Waals surface area contributed by atoms with Crippen LogP contribution in [0.5, 0.6) is 0 Å². The van der Waals surface area contributed by atoms with Gasteiger partial charge in [0.25, 0.3) is 11.6 Å². The smallest absolute Gasteiger partial charge is 0.285 e. The lowest BCUT2D eigenvalue weighted by Crippen LogP contribution is -2.25. The van der Waals surface area contributed by atoms with Crippen LogP contribution in [-0.4, -0.2) is 29.4 Å². The molecular formula is C12H16FN3O3S. The van der Waals surface area contributed by atoms with Crippen molar-refractivity contribution >= 4 is 29.0 Å². The molecule has 20 heavy (non-hydrogen) atoms. The Hall–Kier alpha value is -1.83. The van der Waals surface area contributed by atoms with Gasteiger partial charge in [-0.05, 0) is 30.9 Å². The quantitative estimate of drug-likeness (QED) is 0.348. The Balaban J connectivity index is 2.76. The Morgan fingerprint density at radius 2 is 2.20 bits per heavy atom. The van der Waals surface area contributed by atoms with E-state index in [0.29, 0.717) is 12.6 Å². The lowest BCUT2D eigenvalue weighted by molar-refractivity contribution is -0.385. The Morgan fingerprint density at radius 3 is 2.80 bits per heavy atom. The van der Waals surface area contributed by atoms with E-state index >= 15 is 0 Å². The number of nitrogens with zero attached hydrogens (tertiary/aromatic N) is 1. The van der Waals surface area contributed by atoms with Crippen molar-refractivity contribution in [2.45, 2.75) is 12.8 Å². The Morgan fingerprint density at radius 1 is 1.50 bits per heavy atom. The Kier molecular flexibility index (Phi) is 6.23. The third-order valence-corrected chi connectivity index (χ3v) is 3.31. The van der Waals surface area contributed by atoms with Crippen LogP contribution in [0.25, 0.3) is 0 Å². The molecule has 0 aliphatic heterocycles. The number of amides is 1. The minimum absolute atomic E-state index is 0.223. The largest absolute Gasteiger partial charge is 0.396 e. The first-order valence-corrected chi connectivity index (χ1v) is 7.37. The number of anilines is 1. The summed E-state index contributed by atoms with van der Waals surface area (Å²) in [7, 11) is 0. The Bertz CT molecular complexity index is 511. The summed E-state index contributed by atoms with van der Waals surface area (Å²) in [5.41, 5.74) is 4.24. The number of carbonyl (C=O) groups excluding carboxylic acids is 1. The SMILES string of the molecule is CSCCCCNC(=O)c1cc(N)c(F)cc1[N+](=O)[O-]. The molecule has 0 bridgehead atoms. The van der Waals surface area contributed by atoms with Crippen molar-refractivity contribution < 1.29 is 14.1 Å². The molecular weight excluding hydrogens is 285 g/mol. The number of carbonyl (C=O) groups is 1. The average Bonchev–Trinajstić information content (AvgIpc) is 2.40. The molecule has 0 saturated heterocycles. The first-order valence-electron chi connectivity index (χ1n) is 5.98. The maximum Gasteiger partial charge on any atom is 0.285 e. The first-order chi connectivity index (χ1) is 9.47. The number of nitrogen functional groups attached to an aromatic ring is 1. The van der Waals surface area contributed by atoms with Gasteiger partial charge in [-0.1, -0.05) is 0 Å². The number of hydrogen-bond donors (Lipinski definition) is 2. The van der Waals surface area contributed by atoms with E-state index in [1.807, 2.05) is 6.26 Å². The van der Waals surface area contributed by atoms with E-state index in [-0.39, 0.29) is 11.3 Å². The number of nitro groups is 1. The molecule has 8 heteroatoms. The molecule has 1 amide bonds. The molecule has 0 radical (unpaired) electrons. The molecule has 1 aromatic rings. The van der Waals surface area contributed by atoms with Gasteiger partial charge in [0.1, 0.15) is 5.56 Å². The van der Waals surface area contributed by atoms with E-state index in [0.717, 1.165) is 24.7 Å². The number of nitro benzene ring substituents is 1. The molecule has 1 aromatic carbocycles. The second-order valence-electron chi connectivity index (χ2n) is 4.10. The van der Waals surface area contributed by atoms with E-state index in [1.54, 1.807) is 11.8 Å². The molecule has 6 nitrogen and oxygen atoms in total. The number of benzene rings is 1. The number of nitrogens with one attached hydrogen (secondary N) is 1. The second kappa shape index (κ2) is 7.68. The fourth-order valence-electron chi connectivity index (χ4n) is 1.58. The predicted molar refractivity (Wildman–Crippen MR) is 77.4 cm³/mol. The normalized spacial score (nSPS) is 10.3. The second-order valence-corrected chi connectivity index (χ2v) is 5.09. The lowest BCUT2D eigenvalue weighted by Gasteiger charge is -2.07. The van der Waals surface area contributed by atoms with Gasteiger partial charge in [-0.15, -0.1) is 0 Å². The molecule has 110 valence electrons. The number of unbranched alkanes of at least 4 members (excludes halogenated alkanes) is 1. The van der Waals surface area contributed by atoms with Crippen LogP contribution in [0.15, 0.2) is 12.1 Å². The molecule has 0 heterocycles. The Labute approximate surface area is 120 Å². The molecule has 0 atom stereocenters. The predicted octanol–water partition coefficient (Wildman–Crippen LogP) is 2.19. The van der Waals surface area contributed by atoms with Crippen molar-refractivity contribution in [1.82, 2.24) is 5.32 Å². The molecule has 0 unspecified atom stereocenters. The van der Waals surface area contributed by atoms with Crippen molar-refractivity contribution in [3.63, 3.8) is 0 Å². The molecule has 0 spiro atoms. The highest BCUT2D eigenvalue weighted by Gasteiger charge is 2.22. The number of hydrogen-bond acceptors (Lipinski definition) is 5. The maximum atomic E-state index is 13.2. The van der Waals surface area contributed by atoms with Crippen LogP contribution in [0.4, 0.5) is 15.8 Å². The molecule has 0 fully saturated rings. The zero-order chi connectivity index (χ0) is 15.1. The fourth-order valence-corrected chi connectivity index (χ4v) is 2.07. The van der Waals surface area contributed by atoms with E-state index in [2.05, 4.69) is 5.32 Å². The highest BCUT2D eigenvalue weighted by molar-refractivity contribution is 7.98. The van der Waals surface area contributed by atoms with E-state index in [1.165, 1.54) is 0 Å². The topological polar surface area (TPSA) is 98.3 Å². The highest BCUT2D eigenvalue weighted by Crippen LogP contribution is 2.24. The van der Waals surface area contributed by atoms with Gasteiger partial charge in [-0.3, -0.25) is 14.9 Å². The average molecular weight is 301 g/mol. The molecule has 0 aliphatic rings. The van der Waals surface area contributed by atoms with Gasteiger partial charge in [-0.25, -0.2) is 4.39 Å². The van der Waals surface area contributed by atoms with Gasteiger partial charge in [-0.2, -0.15) is 11.8 Å². The monoisotopic (exact) mass is 301 g/mol. The first kappa shape index (κ1) is 16.2.